The number of hydrogen-bond acceptors (Lipinski definition) is 7. The van der Waals surface area contributed by atoms with Gasteiger partial charge >= 0.3 is 0 Å². The van der Waals surface area contributed by atoms with E-state index >= 15 is 0 Å². The average molecular weight is 777 g/mol. The highest BCUT2D eigenvalue weighted by Gasteiger charge is 2.37. The summed E-state index contributed by atoms with van der Waals surface area (Å²) >= 11 is 0. The standard InChI is InChI=1S/C49H52N4O5/c1-30(2)14-32-16-33(28-57-45-22-43-41(15-31(45)3)48(54)52-25-37-12-8-6-10-35(37)19-39(52)24-50-43)18-34(17-32)29-58-47-23-44-42(21-46(47)56-5)49(55)53-26-38-13-9-7-11-36(38)20-40(53)27-51(44)4/h6-13,15-18,21-23,30,39-40,50H,14,19-20,24-29H2,1-5H3/t39-,40-/m0/s1. The Morgan fingerprint density at radius 1 is 0.690 bits per heavy atom. The lowest BCUT2D eigenvalue weighted by atomic mass is 9.93. The van der Waals surface area contributed by atoms with Gasteiger partial charge in [0.05, 0.1) is 41.7 Å². The first kappa shape index (κ1) is 37.6. The third-order valence-corrected chi connectivity index (χ3v) is 12.3. The number of carbonyl (C=O) groups is 2. The van der Waals surface area contributed by atoms with Gasteiger partial charge in [0.15, 0.2) is 11.5 Å². The number of rotatable bonds is 9. The fourth-order valence-corrected chi connectivity index (χ4v) is 9.34. The number of amides is 2. The first-order chi connectivity index (χ1) is 28.1. The second kappa shape index (κ2) is 15.4. The number of nitrogens with one attached hydrogen (secondary N) is 1. The molecule has 0 saturated carbocycles. The molecule has 9 heteroatoms. The van der Waals surface area contributed by atoms with Crippen molar-refractivity contribution in [3.05, 3.63) is 147 Å². The number of ether oxygens (including phenoxy) is 3. The molecule has 0 bridgehead atoms. The Morgan fingerprint density at radius 3 is 1.93 bits per heavy atom. The zero-order valence-corrected chi connectivity index (χ0v) is 34.1. The Kier molecular flexibility index (Phi) is 10.00. The minimum absolute atomic E-state index is 0.0172. The van der Waals surface area contributed by atoms with Gasteiger partial charge in [0.1, 0.15) is 19.0 Å². The van der Waals surface area contributed by atoms with Crippen LogP contribution in [-0.4, -0.2) is 60.9 Å². The Labute approximate surface area is 341 Å². The van der Waals surface area contributed by atoms with Crippen LogP contribution in [-0.2, 0) is 45.6 Å². The summed E-state index contributed by atoms with van der Waals surface area (Å²) in [6.07, 6.45) is 2.59. The molecule has 0 spiro atoms. The van der Waals surface area contributed by atoms with Gasteiger partial charge in [0, 0.05) is 45.4 Å². The number of hydrogen-bond donors (Lipinski definition) is 1. The molecule has 1 N–H and O–H groups in total. The lowest BCUT2D eigenvalue weighted by molar-refractivity contribution is 0.0651. The number of benzene rings is 5. The van der Waals surface area contributed by atoms with Crippen molar-refractivity contribution in [2.75, 3.05) is 37.5 Å². The molecule has 298 valence electrons. The first-order valence-electron chi connectivity index (χ1n) is 20.6. The summed E-state index contributed by atoms with van der Waals surface area (Å²) in [6, 6.07) is 31.4. The highest BCUT2D eigenvalue weighted by molar-refractivity contribution is 6.02. The van der Waals surface area contributed by atoms with Gasteiger partial charge in [-0.2, -0.15) is 0 Å². The van der Waals surface area contributed by atoms with Crippen molar-refractivity contribution in [1.29, 1.82) is 0 Å². The maximum absolute atomic E-state index is 14.1. The average Bonchev–Trinajstić information content (AvgIpc) is 3.41. The van der Waals surface area contributed by atoms with Crippen LogP contribution in [0.4, 0.5) is 11.4 Å². The Morgan fingerprint density at radius 2 is 1.28 bits per heavy atom. The molecule has 5 aromatic rings. The minimum atomic E-state index is 0.0172. The van der Waals surface area contributed by atoms with Crippen LogP contribution in [0, 0.1) is 12.8 Å². The fraction of sp³-hybridized carbons (Fsp3) is 0.347. The van der Waals surface area contributed by atoms with Crippen LogP contribution in [0.3, 0.4) is 0 Å². The van der Waals surface area contributed by atoms with Crippen LogP contribution >= 0.6 is 0 Å². The lowest BCUT2D eigenvalue weighted by Crippen LogP contribution is -2.47. The van der Waals surface area contributed by atoms with Crippen molar-refractivity contribution in [3.63, 3.8) is 0 Å². The lowest BCUT2D eigenvalue weighted by Gasteiger charge is -2.36. The SMILES string of the molecule is COc1cc2c(cc1OCc1cc(COc3cc4c(cc3C)C(=O)N3Cc5ccccc5C[C@H]3CN4)cc(CC(C)C)c1)N(C)C[C@@H]1Cc3ccccc3CN1C2=O. The predicted molar refractivity (Wildman–Crippen MR) is 227 cm³/mol. The van der Waals surface area contributed by atoms with E-state index in [4.69, 9.17) is 14.2 Å². The topological polar surface area (TPSA) is 83.6 Å². The monoisotopic (exact) mass is 776 g/mol. The Hall–Kier alpha value is -5.96. The van der Waals surface area contributed by atoms with Gasteiger partial charge in [-0.1, -0.05) is 74.5 Å². The van der Waals surface area contributed by atoms with Crippen molar-refractivity contribution < 1.29 is 23.8 Å². The summed E-state index contributed by atoms with van der Waals surface area (Å²) in [7, 11) is 3.68. The van der Waals surface area contributed by atoms with Gasteiger partial charge in [0.2, 0.25) is 0 Å². The van der Waals surface area contributed by atoms with Crippen LogP contribution in [0.2, 0.25) is 0 Å². The van der Waals surface area contributed by atoms with Crippen molar-refractivity contribution >= 4 is 23.2 Å². The highest BCUT2D eigenvalue weighted by atomic mass is 16.5. The largest absolute Gasteiger partial charge is 0.493 e. The summed E-state index contributed by atoms with van der Waals surface area (Å²) < 4.78 is 18.9. The Balaban J connectivity index is 0.929. The minimum Gasteiger partial charge on any atom is -0.493 e. The summed E-state index contributed by atoms with van der Waals surface area (Å²) in [6.45, 7) is 9.78. The van der Waals surface area contributed by atoms with E-state index in [-0.39, 0.29) is 23.9 Å². The van der Waals surface area contributed by atoms with Gasteiger partial charge in [0.25, 0.3) is 11.8 Å². The molecule has 0 aromatic heterocycles. The summed E-state index contributed by atoms with van der Waals surface area (Å²) in [5.74, 6) is 2.43. The van der Waals surface area contributed by atoms with Gasteiger partial charge in [-0.15, -0.1) is 0 Å². The number of carbonyl (C=O) groups excluding carboxylic acids is 2. The normalized spacial score (nSPS) is 18.1. The van der Waals surface area contributed by atoms with Crippen molar-refractivity contribution in [2.24, 2.45) is 5.92 Å². The molecule has 0 radical (unpaired) electrons. The summed E-state index contributed by atoms with van der Waals surface area (Å²) in [5, 5.41) is 3.58. The van der Waals surface area contributed by atoms with Crippen LogP contribution < -0.4 is 24.4 Å². The number of anilines is 2. The Bertz CT molecular complexity index is 2410. The van der Waals surface area contributed by atoms with E-state index < -0.39 is 0 Å². The van der Waals surface area contributed by atoms with E-state index in [1.165, 1.54) is 27.8 Å². The second-order valence-corrected chi connectivity index (χ2v) is 16.9. The van der Waals surface area contributed by atoms with E-state index in [2.05, 4.69) is 85.7 Å². The molecule has 2 amide bonds. The molecule has 0 fully saturated rings. The van der Waals surface area contributed by atoms with Crippen LogP contribution in [0.1, 0.15) is 79.1 Å². The first-order valence-corrected chi connectivity index (χ1v) is 20.6. The summed E-state index contributed by atoms with van der Waals surface area (Å²) in [4.78, 5) is 34.2. The van der Waals surface area contributed by atoms with Crippen molar-refractivity contribution in [2.45, 2.75) is 78.4 Å². The molecule has 5 aromatic carbocycles. The maximum atomic E-state index is 14.1. The maximum Gasteiger partial charge on any atom is 0.256 e. The van der Waals surface area contributed by atoms with Gasteiger partial charge < -0.3 is 34.2 Å². The van der Waals surface area contributed by atoms with E-state index in [1.54, 1.807) is 7.11 Å². The van der Waals surface area contributed by atoms with Crippen molar-refractivity contribution in [1.82, 2.24) is 9.80 Å². The summed E-state index contributed by atoms with van der Waals surface area (Å²) in [5.41, 5.74) is 12.2. The zero-order valence-electron chi connectivity index (χ0n) is 34.1. The van der Waals surface area contributed by atoms with Crippen LogP contribution in [0.25, 0.3) is 0 Å². The smallest absolute Gasteiger partial charge is 0.256 e. The van der Waals surface area contributed by atoms with Crippen molar-refractivity contribution in [3.8, 4) is 17.2 Å². The molecular weight excluding hydrogens is 725 g/mol. The number of methoxy groups -OCH3 is 1. The molecular formula is C49H52N4O5. The molecule has 9 nitrogen and oxygen atoms in total. The number of fused-ring (bicyclic) bond motifs is 6. The van der Waals surface area contributed by atoms with Crippen LogP contribution in [0.5, 0.6) is 17.2 Å². The van der Waals surface area contributed by atoms with Gasteiger partial charge in [-0.25, -0.2) is 0 Å². The van der Waals surface area contributed by atoms with E-state index in [1.807, 2.05) is 53.1 Å². The van der Waals surface area contributed by atoms with E-state index in [0.29, 0.717) is 61.4 Å². The molecule has 58 heavy (non-hydrogen) atoms. The molecule has 4 aliphatic rings. The van der Waals surface area contributed by atoms with Gasteiger partial charge in [-0.3, -0.25) is 9.59 Å². The van der Waals surface area contributed by atoms with Crippen LogP contribution in [0.15, 0.2) is 91.0 Å². The fourth-order valence-electron chi connectivity index (χ4n) is 9.34. The molecule has 4 heterocycles. The number of likely N-dealkylation sites (N-methyl/N-ethyl adjacent to an activating group) is 1. The quantitative estimate of drug-likeness (QED) is 0.161. The van der Waals surface area contributed by atoms with E-state index in [0.717, 1.165) is 59.6 Å². The van der Waals surface area contributed by atoms with Gasteiger partial charge in [-0.05, 0) is 94.8 Å². The zero-order chi connectivity index (χ0) is 40.1. The molecule has 2 atom stereocenters. The third-order valence-electron chi connectivity index (χ3n) is 12.3. The molecule has 0 unspecified atom stereocenters. The second-order valence-electron chi connectivity index (χ2n) is 16.9. The highest BCUT2D eigenvalue weighted by Crippen LogP contribution is 2.40. The third kappa shape index (κ3) is 7.23. The van der Waals surface area contributed by atoms with E-state index in [9.17, 15) is 9.59 Å². The molecule has 9 rings (SSSR count). The molecule has 4 aliphatic heterocycles. The number of aryl methyl sites for hydroxylation is 1. The predicted octanol–water partition coefficient (Wildman–Crippen LogP) is 8.37. The number of nitrogens with zero attached hydrogens (tertiary/aromatic N) is 3. The molecule has 0 saturated heterocycles. The molecule has 0 aliphatic carbocycles.